The van der Waals surface area contributed by atoms with E-state index in [1.54, 1.807) is 11.0 Å². The monoisotopic (exact) mass is 338 g/mol. The average molecular weight is 338 g/mol. The second-order valence-corrected chi connectivity index (χ2v) is 8.12. The Morgan fingerprint density at radius 2 is 1.83 bits per heavy atom. The number of rotatable bonds is 3. The lowest BCUT2D eigenvalue weighted by molar-refractivity contribution is 0.134. The van der Waals surface area contributed by atoms with Crippen molar-refractivity contribution >= 4 is 16.1 Å². The molecule has 126 valence electrons. The lowest BCUT2D eigenvalue weighted by atomic mass is 10.1. The largest absolute Gasteiger partial charge is 0.448 e. The average Bonchev–Trinajstić information content (AvgIpc) is 2.96. The lowest BCUT2D eigenvalue weighted by Gasteiger charge is -2.35. The number of aryl methyl sites for hydroxylation is 2. The molecule has 0 spiro atoms. The molecule has 6 nitrogen and oxygen atoms in total. The van der Waals surface area contributed by atoms with Crippen molar-refractivity contribution in [2.24, 2.45) is 0 Å². The van der Waals surface area contributed by atoms with Crippen molar-refractivity contribution in [1.29, 1.82) is 0 Å². The van der Waals surface area contributed by atoms with Crippen LogP contribution in [0.2, 0.25) is 0 Å². The summed E-state index contributed by atoms with van der Waals surface area (Å²) in [7, 11) is -3.48. The summed E-state index contributed by atoms with van der Waals surface area (Å²) >= 11 is 0. The van der Waals surface area contributed by atoms with Crippen LogP contribution in [0.1, 0.15) is 24.0 Å². The number of hydrogen-bond donors (Lipinski definition) is 0. The number of carbonyl (C=O) groups is 1. The van der Waals surface area contributed by atoms with Gasteiger partial charge in [0, 0.05) is 19.1 Å². The Labute approximate surface area is 137 Å². The van der Waals surface area contributed by atoms with E-state index in [0.29, 0.717) is 44.0 Å². The number of amides is 1. The zero-order valence-corrected chi connectivity index (χ0v) is 14.3. The summed E-state index contributed by atoms with van der Waals surface area (Å²) in [6, 6.07) is 5.57. The predicted molar refractivity (Wildman–Crippen MR) is 85.8 cm³/mol. The van der Waals surface area contributed by atoms with Crippen LogP contribution < -0.4 is 0 Å². The highest BCUT2D eigenvalue weighted by molar-refractivity contribution is 7.89. The number of cyclic esters (lactones) is 1. The van der Waals surface area contributed by atoms with Crippen molar-refractivity contribution < 1.29 is 17.9 Å². The molecule has 2 saturated heterocycles. The molecule has 1 aromatic rings. The molecular formula is C16H22N2O4S. The van der Waals surface area contributed by atoms with Crippen LogP contribution >= 0.6 is 0 Å². The Balaban J connectivity index is 1.73. The van der Waals surface area contributed by atoms with Crippen LogP contribution in [0.4, 0.5) is 4.79 Å². The number of nitrogens with zero attached hydrogens (tertiary/aromatic N) is 2. The summed E-state index contributed by atoms with van der Waals surface area (Å²) in [5, 5.41) is 0. The van der Waals surface area contributed by atoms with E-state index in [-0.39, 0.29) is 12.1 Å². The van der Waals surface area contributed by atoms with Crippen molar-refractivity contribution in [1.82, 2.24) is 9.21 Å². The molecule has 7 heteroatoms. The highest BCUT2D eigenvalue weighted by Gasteiger charge is 2.36. The zero-order valence-electron chi connectivity index (χ0n) is 13.5. The Hall–Kier alpha value is -1.60. The van der Waals surface area contributed by atoms with Crippen molar-refractivity contribution in [3.63, 3.8) is 0 Å². The molecule has 1 amide bonds. The fourth-order valence-corrected chi connectivity index (χ4v) is 5.04. The molecule has 0 aliphatic carbocycles. The van der Waals surface area contributed by atoms with Crippen LogP contribution in [-0.2, 0) is 14.8 Å². The van der Waals surface area contributed by atoms with Gasteiger partial charge in [0.1, 0.15) is 6.61 Å². The Bertz CT molecular complexity index is 709. The Morgan fingerprint density at radius 1 is 1.13 bits per heavy atom. The van der Waals surface area contributed by atoms with E-state index in [1.165, 1.54) is 4.31 Å². The summed E-state index contributed by atoms with van der Waals surface area (Å²) in [5.41, 5.74) is 1.70. The summed E-state index contributed by atoms with van der Waals surface area (Å²) in [6.45, 7) is 5.62. The van der Waals surface area contributed by atoms with Crippen LogP contribution in [0.25, 0.3) is 0 Å². The molecule has 0 bridgehead atoms. The van der Waals surface area contributed by atoms with E-state index in [2.05, 4.69) is 0 Å². The molecule has 0 N–H and O–H groups in total. The van der Waals surface area contributed by atoms with Gasteiger partial charge in [0.15, 0.2) is 0 Å². The maximum Gasteiger partial charge on any atom is 0.410 e. The summed E-state index contributed by atoms with van der Waals surface area (Å²) in [6.07, 6.45) is 1.03. The van der Waals surface area contributed by atoms with Crippen LogP contribution in [0.3, 0.4) is 0 Å². The number of sulfonamides is 1. The van der Waals surface area contributed by atoms with Gasteiger partial charge in [0.25, 0.3) is 0 Å². The molecule has 23 heavy (non-hydrogen) atoms. The molecule has 3 rings (SSSR count). The maximum atomic E-state index is 12.9. The highest BCUT2D eigenvalue weighted by atomic mass is 32.2. The summed E-state index contributed by atoms with van der Waals surface area (Å²) in [4.78, 5) is 13.7. The normalized spacial score (nSPS) is 20.8. The van der Waals surface area contributed by atoms with Gasteiger partial charge < -0.3 is 9.64 Å². The van der Waals surface area contributed by atoms with Crippen LogP contribution in [0, 0.1) is 13.8 Å². The second kappa shape index (κ2) is 6.13. The molecule has 0 atom stereocenters. The standard InChI is InChI=1S/C16H22N2O4S/c1-12-3-4-13(2)15(11-12)23(20,21)17-7-5-14(6-8-17)18-9-10-22-16(18)19/h3-4,11,14H,5-10H2,1-2H3. The van der Waals surface area contributed by atoms with E-state index in [0.717, 1.165) is 11.1 Å². The van der Waals surface area contributed by atoms with Crippen LogP contribution in [-0.4, -0.2) is 56.0 Å². The van der Waals surface area contributed by atoms with Crippen molar-refractivity contribution in [3.05, 3.63) is 29.3 Å². The van der Waals surface area contributed by atoms with Crippen molar-refractivity contribution in [2.45, 2.75) is 37.6 Å². The van der Waals surface area contributed by atoms with Crippen molar-refractivity contribution in [3.8, 4) is 0 Å². The first-order valence-electron chi connectivity index (χ1n) is 7.90. The molecule has 2 heterocycles. The lowest BCUT2D eigenvalue weighted by Crippen LogP contribution is -2.47. The number of carbonyl (C=O) groups excluding carboxylic acids is 1. The predicted octanol–water partition coefficient (Wildman–Crippen LogP) is 1.91. The topological polar surface area (TPSA) is 66.9 Å². The van der Waals surface area contributed by atoms with Gasteiger partial charge in [-0.3, -0.25) is 0 Å². The van der Waals surface area contributed by atoms with Gasteiger partial charge in [-0.25, -0.2) is 13.2 Å². The van der Waals surface area contributed by atoms with Crippen LogP contribution in [0.5, 0.6) is 0 Å². The number of ether oxygens (including phenoxy) is 1. The van der Waals surface area contributed by atoms with E-state index in [1.807, 2.05) is 26.0 Å². The minimum atomic E-state index is -3.48. The molecule has 2 aliphatic heterocycles. The first kappa shape index (κ1) is 16.3. The molecule has 1 aromatic carbocycles. The minimum absolute atomic E-state index is 0.0788. The summed E-state index contributed by atoms with van der Waals surface area (Å²) in [5.74, 6) is 0. The zero-order chi connectivity index (χ0) is 16.6. The molecular weight excluding hydrogens is 316 g/mol. The Kier molecular flexibility index (Phi) is 4.33. The van der Waals surface area contributed by atoms with Gasteiger partial charge in [-0.05, 0) is 43.9 Å². The third kappa shape index (κ3) is 3.07. The minimum Gasteiger partial charge on any atom is -0.448 e. The van der Waals surface area contributed by atoms with Gasteiger partial charge in [-0.15, -0.1) is 0 Å². The Morgan fingerprint density at radius 3 is 2.43 bits per heavy atom. The molecule has 0 saturated carbocycles. The SMILES string of the molecule is Cc1ccc(C)c(S(=O)(=O)N2CCC(N3CCOC3=O)CC2)c1. The fraction of sp³-hybridized carbons (Fsp3) is 0.562. The summed E-state index contributed by atoms with van der Waals surface area (Å²) < 4.78 is 32.2. The second-order valence-electron chi connectivity index (χ2n) is 6.21. The van der Waals surface area contributed by atoms with Gasteiger partial charge in [0.05, 0.1) is 11.4 Å². The van der Waals surface area contributed by atoms with Gasteiger partial charge in [0.2, 0.25) is 10.0 Å². The number of piperidine rings is 1. The van der Waals surface area contributed by atoms with Gasteiger partial charge >= 0.3 is 6.09 Å². The van der Waals surface area contributed by atoms with E-state index in [9.17, 15) is 13.2 Å². The smallest absolute Gasteiger partial charge is 0.410 e. The highest BCUT2D eigenvalue weighted by Crippen LogP contribution is 2.26. The van der Waals surface area contributed by atoms with E-state index in [4.69, 9.17) is 4.74 Å². The van der Waals surface area contributed by atoms with Gasteiger partial charge in [-0.1, -0.05) is 12.1 Å². The number of hydrogen-bond acceptors (Lipinski definition) is 4. The molecule has 0 radical (unpaired) electrons. The third-order valence-electron chi connectivity index (χ3n) is 4.62. The van der Waals surface area contributed by atoms with Gasteiger partial charge in [-0.2, -0.15) is 4.31 Å². The molecule has 0 aromatic heterocycles. The van der Waals surface area contributed by atoms with Crippen LogP contribution in [0.15, 0.2) is 23.1 Å². The van der Waals surface area contributed by atoms with E-state index < -0.39 is 10.0 Å². The van der Waals surface area contributed by atoms with Crippen molar-refractivity contribution in [2.75, 3.05) is 26.2 Å². The third-order valence-corrected chi connectivity index (χ3v) is 6.66. The molecule has 0 unspecified atom stereocenters. The molecule has 2 aliphatic rings. The fourth-order valence-electron chi connectivity index (χ4n) is 3.26. The quantitative estimate of drug-likeness (QED) is 0.844. The maximum absolute atomic E-state index is 12.9. The molecule has 2 fully saturated rings. The first-order chi connectivity index (χ1) is 10.9. The number of benzene rings is 1. The van der Waals surface area contributed by atoms with E-state index >= 15 is 0 Å². The first-order valence-corrected chi connectivity index (χ1v) is 9.34.